The van der Waals surface area contributed by atoms with Gasteiger partial charge in [-0.2, -0.15) is 0 Å². The molecule has 0 spiro atoms. The maximum Gasteiger partial charge on any atom is 0.251 e. The Kier molecular flexibility index (Phi) is 4.69. The highest BCUT2D eigenvalue weighted by atomic mass is 35.5. The maximum atomic E-state index is 12.1. The summed E-state index contributed by atoms with van der Waals surface area (Å²) in [7, 11) is 0. The van der Waals surface area contributed by atoms with Crippen LogP contribution in [0, 0.1) is 0 Å². The van der Waals surface area contributed by atoms with E-state index in [9.17, 15) is 15.0 Å². The Hall–Kier alpha value is -2.57. The van der Waals surface area contributed by atoms with Crippen LogP contribution < -0.4 is 5.32 Å². The Morgan fingerprint density at radius 3 is 2.75 bits per heavy atom. The number of halogens is 1. The summed E-state index contributed by atoms with van der Waals surface area (Å²) in [6.45, 7) is 0.292. The summed E-state index contributed by atoms with van der Waals surface area (Å²) in [6.07, 6.45) is 0. The summed E-state index contributed by atoms with van der Waals surface area (Å²) < 4.78 is 0. The fraction of sp³-hybridized carbons (Fsp3) is 0.0588. The summed E-state index contributed by atoms with van der Waals surface area (Å²) in [5.74, 6) is -0.601. The Morgan fingerprint density at radius 2 is 2.00 bits per heavy atom. The van der Waals surface area contributed by atoms with E-state index < -0.39 is 0 Å². The minimum atomic E-state index is -0.225. The van der Waals surface area contributed by atoms with Gasteiger partial charge in [0.25, 0.3) is 5.91 Å². The number of hydrogen-bond donors (Lipinski definition) is 3. The summed E-state index contributed by atoms with van der Waals surface area (Å²) in [6, 6.07) is 11.2. The van der Waals surface area contributed by atoms with Crippen LogP contribution in [0.1, 0.15) is 15.4 Å². The molecule has 0 saturated heterocycles. The number of phenols is 2. The van der Waals surface area contributed by atoms with E-state index in [2.05, 4.69) is 10.3 Å². The average Bonchev–Trinajstić information content (AvgIpc) is 3.04. The Balaban J connectivity index is 1.68. The van der Waals surface area contributed by atoms with Crippen molar-refractivity contribution < 1.29 is 15.0 Å². The molecule has 3 N–H and O–H groups in total. The number of carbonyl (C=O) groups is 1. The van der Waals surface area contributed by atoms with Crippen molar-refractivity contribution in [3.05, 3.63) is 63.4 Å². The predicted molar refractivity (Wildman–Crippen MR) is 93.5 cm³/mol. The van der Waals surface area contributed by atoms with Gasteiger partial charge in [0.2, 0.25) is 0 Å². The van der Waals surface area contributed by atoms with Crippen molar-refractivity contribution in [2.45, 2.75) is 6.54 Å². The summed E-state index contributed by atoms with van der Waals surface area (Å²) in [5.41, 5.74) is 1.85. The molecule has 7 heteroatoms. The molecular formula is C17H13ClN2O3S. The van der Waals surface area contributed by atoms with Gasteiger partial charge in [0.1, 0.15) is 5.01 Å². The van der Waals surface area contributed by atoms with Crippen LogP contribution in [0.2, 0.25) is 5.02 Å². The van der Waals surface area contributed by atoms with E-state index in [1.165, 1.54) is 23.5 Å². The molecule has 24 heavy (non-hydrogen) atoms. The number of hydrogen-bond acceptors (Lipinski definition) is 5. The van der Waals surface area contributed by atoms with Crippen molar-refractivity contribution in [2.24, 2.45) is 0 Å². The van der Waals surface area contributed by atoms with E-state index in [0.717, 1.165) is 5.01 Å². The second-order valence-electron chi connectivity index (χ2n) is 5.02. The lowest BCUT2D eigenvalue weighted by Crippen LogP contribution is -2.22. The molecule has 0 bridgehead atoms. The van der Waals surface area contributed by atoms with Crippen LogP contribution in [0.3, 0.4) is 0 Å². The SMILES string of the molecule is O=C(NCc1nc(-c2ccc(O)c(O)c2)cs1)c1cccc(Cl)c1. The van der Waals surface area contributed by atoms with E-state index in [0.29, 0.717) is 28.4 Å². The van der Waals surface area contributed by atoms with Gasteiger partial charge in [0.05, 0.1) is 12.2 Å². The second-order valence-corrected chi connectivity index (χ2v) is 6.40. The van der Waals surface area contributed by atoms with E-state index in [-0.39, 0.29) is 17.4 Å². The number of benzene rings is 2. The first-order valence-corrected chi connectivity index (χ1v) is 8.29. The van der Waals surface area contributed by atoms with Crippen molar-refractivity contribution in [3.8, 4) is 22.8 Å². The number of amides is 1. The quantitative estimate of drug-likeness (QED) is 0.618. The van der Waals surface area contributed by atoms with Gasteiger partial charge in [-0.1, -0.05) is 17.7 Å². The summed E-state index contributed by atoms with van der Waals surface area (Å²) in [5, 5.41) is 24.7. The van der Waals surface area contributed by atoms with Gasteiger partial charge in [-0.15, -0.1) is 11.3 Å². The molecule has 0 atom stereocenters. The first kappa shape index (κ1) is 16.3. The Bertz CT molecular complexity index is 895. The molecule has 5 nitrogen and oxygen atoms in total. The van der Waals surface area contributed by atoms with Gasteiger partial charge >= 0.3 is 0 Å². The van der Waals surface area contributed by atoms with E-state index in [1.807, 2.05) is 5.38 Å². The fourth-order valence-electron chi connectivity index (χ4n) is 2.10. The Labute approximate surface area is 147 Å². The zero-order valence-corrected chi connectivity index (χ0v) is 13.9. The zero-order chi connectivity index (χ0) is 17.1. The highest BCUT2D eigenvalue weighted by Gasteiger charge is 2.10. The summed E-state index contributed by atoms with van der Waals surface area (Å²) >= 11 is 7.27. The number of phenolic OH excluding ortho intramolecular Hbond substituents is 2. The summed E-state index contributed by atoms with van der Waals surface area (Å²) in [4.78, 5) is 16.5. The topological polar surface area (TPSA) is 82.5 Å². The molecule has 2 aromatic carbocycles. The molecule has 0 aliphatic heterocycles. The number of aromatic hydroxyl groups is 2. The fourth-order valence-corrected chi connectivity index (χ4v) is 3.03. The molecule has 0 unspecified atom stereocenters. The van der Waals surface area contributed by atoms with Crippen molar-refractivity contribution in [1.29, 1.82) is 0 Å². The van der Waals surface area contributed by atoms with Crippen LogP contribution in [-0.2, 0) is 6.54 Å². The van der Waals surface area contributed by atoms with E-state index >= 15 is 0 Å². The lowest BCUT2D eigenvalue weighted by Gasteiger charge is -2.03. The lowest BCUT2D eigenvalue weighted by molar-refractivity contribution is 0.0951. The molecule has 0 aliphatic carbocycles. The smallest absolute Gasteiger partial charge is 0.251 e. The van der Waals surface area contributed by atoms with Gasteiger partial charge < -0.3 is 15.5 Å². The van der Waals surface area contributed by atoms with E-state index in [1.54, 1.807) is 30.3 Å². The number of nitrogens with one attached hydrogen (secondary N) is 1. The number of rotatable bonds is 4. The van der Waals surface area contributed by atoms with Crippen LogP contribution in [-0.4, -0.2) is 21.1 Å². The van der Waals surface area contributed by atoms with Crippen molar-refractivity contribution >= 4 is 28.8 Å². The Morgan fingerprint density at radius 1 is 1.17 bits per heavy atom. The van der Waals surface area contributed by atoms with Crippen LogP contribution in [0.5, 0.6) is 11.5 Å². The van der Waals surface area contributed by atoms with E-state index in [4.69, 9.17) is 11.6 Å². The van der Waals surface area contributed by atoms with Gasteiger partial charge in [0, 0.05) is 21.5 Å². The minimum Gasteiger partial charge on any atom is -0.504 e. The van der Waals surface area contributed by atoms with Crippen molar-refractivity contribution in [3.63, 3.8) is 0 Å². The van der Waals surface area contributed by atoms with Gasteiger partial charge in [-0.25, -0.2) is 4.98 Å². The highest BCUT2D eigenvalue weighted by molar-refractivity contribution is 7.09. The number of aromatic nitrogens is 1. The molecule has 122 valence electrons. The molecule has 0 saturated carbocycles. The average molecular weight is 361 g/mol. The standard InChI is InChI=1S/C17H13ClN2O3S/c18-12-3-1-2-11(6-12)17(23)19-8-16-20-13(9-24-16)10-4-5-14(21)15(22)7-10/h1-7,9,21-22H,8H2,(H,19,23). The lowest BCUT2D eigenvalue weighted by atomic mass is 10.1. The number of nitrogens with zero attached hydrogens (tertiary/aromatic N) is 1. The third-order valence-electron chi connectivity index (χ3n) is 3.31. The monoisotopic (exact) mass is 360 g/mol. The second kappa shape index (κ2) is 6.90. The van der Waals surface area contributed by atoms with Gasteiger partial charge in [-0.3, -0.25) is 4.79 Å². The molecule has 3 aromatic rings. The molecule has 1 heterocycles. The van der Waals surface area contributed by atoms with Crippen LogP contribution in [0.15, 0.2) is 47.8 Å². The molecule has 0 fully saturated rings. The third-order valence-corrected chi connectivity index (χ3v) is 4.39. The first-order valence-electron chi connectivity index (χ1n) is 7.03. The number of carbonyl (C=O) groups excluding carboxylic acids is 1. The molecule has 0 aliphatic rings. The largest absolute Gasteiger partial charge is 0.504 e. The van der Waals surface area contributed by atoms with Gasteiger partial charge in [-0.05, 0) is 36.4 Å². The normalized spacial score (nSPS) is 10.5. The molecule has 3 rings (SSSR count). The molecular weight excluding hydrogens is 348 g/mol. The van der Waals surface area contributed by atoms with Crippen molar-refractivity contribution in [1.82, 2.24) is 10.3 Å². The van der Waals surface area contributed by atoms with Crippen LogP contribution in [0.25, 0.3) is 11.3 Å². The highest BCUT2D eigenvalue weighted by Crippen LogP contribution is 2.31. The minimum absolute atomic E-state index is 0.178. The van der Waals surface area contributed by atoms with Crippen LogP contribution >= 0.6 is 22.9 Å². The third kappa shape index (κ3) is 3.67. The van der Waals surface area contributed by atoms with Crippen molar-refractivity contribution in [2.75, 3.05) is 0 Å². The first-order chi connectivity index (χ1) is 11.5. The number of thiazole rings is 1. The zero-order valence-electron chi connectivity index (χ0n) is 12.4. The molecule has 0 radical (unpaired) electrons. The van der Waals surface area contributed by atoms with Gasteiger partial charge in [0.15, 0.2) is 11.5 Å². The predicted octanol–water partition coefficient (Wildman–Crippen LogP) is 3.80. The van der Waals surface area contributed by atoms with Crippen LogP contribution in [0.4, 0.5) is 0 Å². The maximum absolute atomic E-state index is 12.1. The molecule has 1 amide bonds. The molecule has 1 aromatic heterocycles.